The van der Waals surface area contributed by atoms with Crippen molar-refractivity contribution in [3.05, 3.63) is 30.1 Å². The molecular formula is C16H25FN2O4S. The van der Waals surface area contributed by atoms with Gasteiger partial charge in [0, 0.05) is 19.8 Å². The molecule has 2 N–H and O–H groups in total. The Hall–Kier alpha value is -1.51. The Morgan fingerprint density at radius 2 is 1.96 bits per heavy atom. The van der Waals surface area contributed by atoms with Crippen molar-refractivity contribution in [2.75, 3.05) is 19.8 Å². The lowest BCUT2D eigenvalue weighted by Gasteiger charge is -2.21. The van der Waals surface area contributed by atoms with Crippen molar-refractivity contribution in [2.24, 2.45) is 5.92 Å². The number of amides is 1. The number of halogens is 1. The van der Waals surface area contributed by atoms with E-state index >= 15 is 0 Å². The van der Waals surface area contributed by atoms with Crippen LogP contribution in [0.2, 0.25) is 0 Å². The van der Waals surface area contributed by atoms with E-state index in [0.717, 1.165) is 12.1 Å². The van der Waals surface area contributed by atoms with Crippen molar-refractivity contribution in [3.63, 3.8) is 0 Å². The fraction of sp³-hybridized carbons (Fsp3) is 0.562. The van der Waals surface area contributed by atoms with E-state index in [-0.39, 0.29) is 5.92 Å². The smallest absolute Gasteiger partial charge is 0.244 e. The van der Waals surface area contributed by atoms with E-state index in [4.69, 9.17) is 4.74 Å². The zero-order valence-electron chi connectivity index (χ0n) is 14.2. The third-order valence-corrected chi connectivity index (χ3v) is 4.80. The van der Waals surface area contributed by atoms with Gasteiger partial charge >= 0.3 is 0 Å². The number of carbonyl (C=O) groups excluding carboxylic acids is 1. The second-order valence-electron chi connectivity index (χ2n) is 5.61. The van der Waals surface area contributed by atoms with Crippen LogP contribution in [0.3, 0.4) is 0 Å². The number of nitrogens with one attached hydrogen (secondary N) is 2. The van der Waals surface area contributed by atoms with Gasteiger partial charge in [0.15, 0.2) is 0 Å². The van der Waals surface area contributed by atoms with Crippen molar-refractivity contribution in [2.45, 2.75) is 38.1 Å². The summed E-state index contributed by atoms with van der Waals surface area (Å²) >= 11 is 0. The third-order valence-electron chi connectivity index (χ3n) is 3.33. The minimum atomic E-state index is -4.13. The number of sulfonamides is 1. The van der Waals surface area contributed by atoms with E-state index in [2.05, 4.69) is 10.0 Å². The Balaban J connectivity index is 2.75. The first kappa shape index (κ1) is 20.5. The molecule has 0 saturated carbocycles. The summed E-state index contributed by atoms with van der Waals surface area (Å²) in [6, 6.07) is 4.07. The van der Waals surface area contributed by atoms with Crippen molar-refractivity contribution in [1.29, 1.82) is 0 Å². The SMILES string of the molecule is CCOCCCNC(=O)[C@@H](NS(=O)(=O)c1ccccc1F)C(C)C. The van der Waals surface area contributed by atoms with E-state index in [0.29, 0.717) is 26.2 Å². The molecule has 1 atom stereocenters. The first-order valence-electron chi connectivity index (χ1n) is 7.92. The van der Waals surface area contributed by atoms with Crippen LogP contribution in [0.15, 0.2) is 29.2 Å². The van der Waals surface area contributed by atoms with E-state index in [9.17, 15) is 17.6 Å². The van der Waals surface area contributed by atoms with Gasteiger partial charge in [-0.15, -0.1) is 0 Å². The highest BCUT2D eigenvalue weighted by molar-refractivity contribution is 7.89. The van der Waals surface area contributed by atoms with E-state index in [1.807, 2.05) is 6.92 Å². The van der Waals surface area contributed by atoms with Gasteiger partial charge in [-0.3, -0.25) is 4.79 Å². The number of hydrogen-bond donors (Lipinski definition) is 2. The standard InChI is InChI=1S/C16H25FN2O4S/c1-4-23-11-7-10-18-16(20)15(12(2)3)19-24(21,22)14-9-6-5-8-13(14)17/h5-6,8-9,12,15,19H,4,7,10-11H2,1-3H3,(H,18,20)/t15-/m0/s1. The summed E-state index contributed by atoms with van der Waals surface area (Å²) in [5, 5.41) is 2.67. The van der Waals surface area contributed by atoms with Gasteiger partial charge in [-0.05, 0) is 31.4 Å². The number of benzene rings is 1. The molecule has 0 unspecified atom stereocenters. The summed E-state index contributed by atoms with van der Waals surface area (Å²) in [7, 11) is -4.13. The molecule has 8 heteroatoms. The van der Waals surface area contributed by atoms with Crippen LogP contribution in [0, 0.1) is 11.7 Å². The van der Waals surface area contributed by atoms with Crippen LogP contribution in [0.4, 0.5) is 4.39 Å². The zero-order chi connectivity index (χ0) is 18.2. The van der Waals surface area contributed by atoms with E-state index < -0.39 is 32.7 Å². The van der Waals surface area contributed by atoms with Crippen molar-refractivity contribution in [1.82, 2.24) is 10.0 Å². The van der Waals surface area contributed by atoms with Crippen LogP contribution in [0.5, 0.6) is 0 Å². The number of hydrogen-bond acceptors (Lipinski definition) is 4. The van der Waals surface area contributed by atoms with Gasteiger partial charge in [0.25, 0.3) is 0 Å². The molecule has 0 aliphatic rings. The Morgan fingerprint density at radius 3 is 2.54 bits per heavy atom. The van der Waals surface area contributed by atoms with Crippen molar-refractivity contribution in [3.8, 4) is 0 Å². The Kier molecular flexibility index (Phi) is 8.30. The Morgan fingerprint density at radius 1 is 1.29 bits per heavy atom. The van der Waals surface area contributed by atoms with Gasteiger partial charge in [-0.1, -0.05) is 26.0 Å². The lowest BCUT2D eigenvalue weighted by atomic mass is 10.1. The topological polar surface area (TPSA) is 84.5 Å². The fourth-order valence-electron chi connectivity index (χ4n) is 2.03. The fourth-order valence-corrected chi connectivity index (χ4v) is 3.45. The van der Waals surface area contributed by atoms with Crippen molar-refractivity contribution >= 4 is 15.9 Å². The molecule has 136 valence electrons. The molecule has 0 aliphatic heterocycles. The maximum Gasteiger partial charge on any atom is 0.244 e. The second-order valence-corrected chi connectivity index (χ2v) is 7.30. The van der Waals surface area contributed by atoms with E-state index in [1.54, 1.807) is 13.8 Å². The van der Waals surface area contributed by atoms with Gasteiger partial charge in [0.2, 0.25) is 15.9 Å². The molecule has 0 fully saturated rings. The summed E-state index contributed by atoms with van der Waals surface area (Å²) in [5.74, 6) is -1.59. The van der Waals surface area contributed by atoms with Crippen LogP contribution in [0.25, 0.3) is 0 Å². The highest BCUT2D eigenvalue weighted by atomic mass is 32.2. The summed E-state index contributed by atoms with van der Waals surface area (Å²) in [4.78, 5) is 11.8. The predicted molar refractivity (Wildman–Crippen MR) is 89.5 cm³/mol. The van der Waals surface area contributed by atoms with Gasteiger partial charge in [-0.2, -0.15) is 4.72 Å². The molecular weight excluding hydrogens is 335 g/mol. The Bertz CT molecular complexity index is 635. The van der Waals surface area contributed by atoms with E-state index in [1.165, 1.54) is 12.1 Å². The normalized spacial score (nSPS) is 13.0. The molecule has 0 radical (unpaired) electrons. The highest BCUT2D eigenvalue weighted by Crippen LogP contribution is 2.15. The predicted octanol–water partition coefficient (Wildman–Crippen LogP) is 1.67. The molecule has 1 amide bonds. The lowest BCUT2D eigenvalue weighted by Crippen LogP contribution is -2.50. The number of ether oxygens (including phenoxy) is 1. The summed E-state index contributed by atoms with van der Waals surface area (Å²) in [6.45, 7) is 6.81. The third kappa shape index (κ3) is 6.18. The average molecular weight is 360 g/mol. The Labute approximate surface area is 142 Å². The molecule has 0 aliphatic carbocycles. The molecule has 1 aromatic rings. The largest absolute Gasteiger partial charge is 0.382 e. The van der Waals surface area contributed by atoms with Crippen LogP contribution in [-0.4, -0.2) is 40.1 Å². The maximum atomic E-state index is 13.7. The van der Waals surface area contributed by atoms with Crippen LogP contribution in [-0.2, 0) is 19.6 Å². The van der Waals surface area contributed by atoms with Gasteiger partial charge in [-0.25, -0.2) is 12.8 Å². The number of carbonyl (C=O) groups is 1. The van der Waals surface area contributed by atoms with Gasteiger partial charge < -0.3 is 10.1 Å². The molecule has 0 bridgehead atoms. The first-order chi connectivity index (χ1) is 11.3. The van der Waals surface area contributed by atoms with Gasteiger partial charge in [0.1, 0.15) is 16.8 Å². The molecule has 0 aromatic heterocycles. The molecule has 0 spiro atoms. The molecule has 1 aromatic carbocycles. The average Bonchev–Trinajstić information content (AvgIpc) is 2.52. The van der Waals surface area contributed by atoms with Crippen molar-refractivity contribution < 1.29 is 22.3 Å². The van der Waals surface area contributed by atoms with Crippen LogP contribution >= 0.6 is 0 Å². The van der Waals surface area contributed by atoms with Gasteiger partial charge in [0.05, 0.1) is 0 Å². The second kappa shape index (κ2) is 9.71. The first-order valence-corrected chi connectivity index (χ1v) is 9.40. The lowest BCUT2D eigenvalue weighted by molar-refractivity contribution is -0.123. The summed E-state index contributed by atoms with van der Waals surface area (Å²) in [5.41, 5.74) is 0. The molecule has 1 rings (SSSR count). The van der Waals surface area contributed by atoms with Crippen LogP contribution in [0.1, 0.15) is 27.2 Å². The minimum Gasteiger partial charge on any atom is -0.382 e. The maximum absolute atomic E-state index is 13.7. The summed E-state index contributed by atoms with van der Waals surface area (Å²) in [6.07, 6.45) is 0.629. The molecule has 24 heavy (non-hydrogen) atoms. The summed E-state index contributed by atoms with van der Waals surface area (Å²) < 4.78 is 45.9. The number of rotatable bonds is 10. The monoisotopic (exact) mass is 360 g/mol. The minimum absolute atomic E-state index is 0.293. The zero-order valence-corrected chi connectivity index (χ0v) is 15.0. The molecule has 0 heterocycles. The molecule has 6 nitrogen and oxygen atoms in total. The highest BCUT2D eigenvalue weighted by Gasteiger charge is 2.29. The van der Waals surface area contributed by atoms with Crippen LogP contribution < -0.4 is 10.0 Å². The molecule has 0 saturated heterocycles. The quantitative estimate of drug-likeness (QED) is 0.622.